The number of rotatable bonds is 7. The molecule has 0 aliphatic carbocycles. The average molecular weight is 492 g/mol. The molecule has 4 rings (SSSR count). The van der Waals surface area contributed by atoms with Crippen LogP contribution < -0.4 is 10.6 Å². The summed E-state index contributed by atoms with van der Waals surface area (Å²) in [7, 11) is 0. The summed E-state index contributed by atoms with van der Waals surface area (Å²) in [5.74, 6) is -0.578. The molecule has 1 aliphatic heterocycles. The molecular weight excluding hydrogens is 466 g/mol. The van der Waals surface area contributed by atoms with Gasteiger partial charge in [0.1, 0.15) is 0 Å². The zero-order valence-electron chi connectivity index (χ0n) is 19.5. The number of anilines is 1. The number of carbonyl (C=O) groups excluding carboxylic acids is 3. The van der Waals surface area contributed by atoms with Gasteiger partial charge in [-0.1, -0.05) is 59.6 Å². The minimum Gasteiger partial charge on any atom is -0.438 e. The van der Waals surface area contributed by atoms with Crippen LogP contribution in [0.3, 0.4) is 0 Å². The molecule has 0 spiro atoms. The van der Waals surface area contributed by atoms with E-state index in [1.165, 1.54) is 4.90 Å². The quantitative estimate of drug-likeness (QED) is 0.481. The number of ether oxygens (including phenoxy) is 1. The largest absolute Gasteiger partial charge is 0.438 e. The van der Waals surface area contributed by atoms with Crippen LogP contribution in [0.15, 0.2) is 72.8 Å². The van der Waals surface area contributed by atoms with Gasteiger partial charge in [-0.25, -0.2) is 4.79 Å². The highest BCUT2D eigenvalue weighted by atomic mass is 35.5. The third kappa shape index (κ3) is 5.63. The normalized spacial score (nSPS) is 17.1. The Labute approximate surface area is 209 Å². The fourth-order valence-corrected chi connectivity index (χ4v) is 4.16. The molecule has 0 unspecified atom stereocenters. The van der Waals surface area contributed by atoms with Gasteiger partial charge in [0.2, 0.25) is 5.91 Å². The number of halogens is 1. The Morgan fingerprint density at radius 3 is 2.40 bits per heavy atom. The number of carbonyl (C=O) groups is 3. The van der Waals surface area contributed by atoms with Gasteiger partial charge in [-0.3, -0.25) is 14.5 Å². The van der Waals surface area contributed by atoms with E-state index < -0.39 is 18.2 Å². The fraction of sp³-hybridized carbons (Fsp3) is 0.222. The molecular formula is C27H26ClN3O4. The maximum Gasteiger partial charge on any atom is 0.411 e. The number of hydrogen-bond acceptors (Lipinski definition) is 4. The summed E-state index contributed by atoms with van der Waals surface area (Å²) in [6, 6.07) is 20.5. The zero-order chi connectivity index (χ0) is 24.9. The van der Waals surface area contributed by atoms with Gasteiger partial charge < -0.3 is 15.4 Å². The van der Waals surface area contributed by atoms with Crippen LogP contribution in [-0.2, 0) is 16.1 Å². The number of aryl methyl sites for hydroxylation is 1. The number of nitrogens with one attached hydrogen (secondary N) is 2. The monoisotopic (exact) mass is 491 g/mol. The first-order chi connectivity index (χ1) is 16.9. The van der Waals surface area contributed by atoms with Crippen molar-refractivity contribution in [2.45, 2.75) is 32.5 Å². The molecule has 180 valence electrons. The Kier molecular flexibility index (Phi) is 7.36. The molecule has 1 aliphatic rings. The first-order valence-electron chi connectivity index (χ1n) is 11.3. The summed E-state index contributed by atoms with van der Waals surface area (Å²) in [5, 5.41) is 6.10. The van der Waals surface area contributed by atoms with Gasteiger partial charge in [-0.05, 0) is 55.3 Å². The summed E-state index contributed by atoms with van der Waals surface area (Å²) in [4.78, 5) is 39.7. The topological polar surface area (TPSA) is 87.7 Å². The highest BCUT2D eigenvalue weighted by molar-refractivity contribution is 6.31. The first kappa shape index (κ1) is 24.3. The third-order valence-electron chi connectivity index (χ3n) is 5.76. The van der Waals surface area contributed by atoms with Crippen molar-refractivity contribution in [2.24, 2.45) is 0 Å². The van der Waals surface area contributed by atoms with Gasteiger partial charge in [0, 0.05) is 22.8 Å². The van der Waals surface area contributed by atoms with Crippen molar-refractivity contribution >= 4 is 35.2 Å². The molecule has 2 N–H and O–H groups in total. The average Bonchev–Trinajstić information content (AvgIpc) is 3.17. The lowest BCUT2D eigenvalue weighted by atomic mass is 10.00. The summed E-state index contributed by atoms with van der Waals surface area (Å²) >= 11 is 5.97. The molecule has 3 amide bonds. The summed E-state index contributed by atoms with van der Waals surface area (Å²) in [6.07, 6.45) is -1.33. The Bertz CT molecular complexity index is 1230. The van der Waals surface area contributed by atoms with E-state index in [4.69, 9.17) is 16.3 Å². The Hall–Kier alpha value is -3.84. The van der Waals surface area contributed by atoms with E-state index in [1.807, 2.05) is 38.1 Å². The van der Waals surface area contributed by atoms with Crippen LogP contribution in [0.25, 0.3) is 0 Å². The van der Waals surface area contributed by atoms with E-state index in [0.29, 0.717) is 28.4 Å². The second kappa shape index (κ2) is 10.6. The molecule has 2 atom stereocenters. The molecule has 7 nitrogen and oxygen atoms in total. The maximum absolute atomic E-state index is 13.0. The maximum atomic E-state index is 13.0. The molecule has 8 heteroatoms. The van der Waals surface area contributed by atoms with E-state index in [1.54, 1.807) is 48.5 Å². The molecule has 1 heterocycles. The Morgan fingerprint density at radius 2 is 1.74 bits per heavy atom. The summed E-state index contributed by atoms with van der Waals surface area (Å²) in [6.45, 7) is 4.50. The van der Waals surface area contributed by atoms with Crippen LogP contribution >= 0.6 is 11.6 Å². The summed E-state index contributed by atoms with van der Waals surface area (Å²) < 4.78 is 5.66. The van der Waals surface area contributed by atoms with Crippen LogP contribution in [-0.4, -0.2) is 35.4 Å². The number of cyclic esters (lactones) is 1. The Balaban J connectivity index is 1.53. The van der Waals surface area contributed by atoms with Crippen LogP contribution in [0, 0.1) is 6.92 Å². The highest BCUT2D eigenvalue weighted by Crippen LogP contribution is 2.34. The molecule has 0 radical (unpaired) electrons. The predicted molar refractivity (Wildman–Crippen MR) is 134 cm³/mol. The fourth-order valence-electron chi connectivity index (χ4n) is 3.97. The summed E-state index contributed by atoms with van der Waals surface area (Å²) in [5.41, 5.74) is 3.67. The number of hydrogen-bond donors (Lipinski definition) is 2. The molecule has 1 fully saturated rings. The number of amides is 3. The van der Waals surface area contributed by atoms with Crippen molar-refractivity contribution < 1.29 is 19.1 Å². The molecule has 1 saturated heterocycles. The minimum absolute atomic E-state index is 0.255. The molecule has 0 aromatic heterocycles. The van der Waals surface area contributed by atoms with E-state index in [0.717, 1.165) is 11.1 Å². The third-order valence-corrected chi connectivity index (χ3v) is 6.00. The van der Waals surface area contributed by atoms with Gasteiger partial charge in [-0.2, -0.15) is 0 Å². The number of nitrogens with zero attached hydrogens (tertiary/aromatic N) is 1. The lowest BCUT2D eigenvalue weighted by Crippen LogP contribution is -2.46. The molecule has 0 bridgehead atoms. The van der Waals surface area contributed by atoms with Gasteiger partial charge in [0.25, 0.3) is 5.91 Å². The highest BCUT2D eigenvalue weighted by Gasteiger charge is 2.46. The first-order valence-corrected chi connectivity index (χ1v) is 11.7. The Morgan fingerprint density at radius 1 is 1.03 bits per heavy atom. The van der Waals surface area contributed by atoms with Crippen LogP contribution in [0.4, 0.5) is 10.5 Å². The van der Waals surface area contributed by atoms with E-state index in [2.05, 4.69) is 10.6 Å². The molecule has 3 aromatic carbocycles. The smallest absolute Gasteiger partial charge is 0.411 e. The molecule has 3 aromatic rings. The van der Waals surface area contributed by atoms with E-state index >= 15 is 0 Å². The molecule has 0 saturated carbocycles. The lowest BCUT2D eigenvalue weighted by molar-refractivity contribution is -0.126. The van der Waals surface area contributed by atoms with Crippen molar-refractivity contribution in [3.63, 3.8) is 0 Å². The van der Waals surface area contributed by atoms with Crippen molar-refractivity contribution in [1.82, 2.24) is 10.2 Å². The van der Waals surface area contributed by atoms with E-state index in [9.17, 15) is 14.4 Å². The SMILES string of the molecule is CCNC(=O)[C@H]1[C@@H](c2ccc(NC(=O)c3cccc(Cl)c3)cc2)OC(=O)N1Cc1ccc(C)cc1. The predicted octanol–water partition coefficient (Wildman–Crippen LogP) is 5.10. The van der Waals surface area contributed by atoms with Crippen molar-refractivity contribution in [2.75, 3.05) is 11.9 Å². The molecule has 35 heavy (non-hydrogen) atoms. The van der Waals surface area contributed by atoms with Crippen LogP contribution in [0.1, 0.15) is 40.1 Å². The van der Waals surface area contributed by atoms with E-state index in [-0.39, 0.29) is 18.4 Å². The van der Waals surface area contributed by atoms with Gasteiger partial charge in [0.15, 0.2) is 12.1 Å². The van der Waals surface area contributed by atoms with Crippen LogP contribution in [0.5, 0.6) is 0 Å². The van der Waals surface area contributed by atoms with Crippen molar-refractivity contribution in [3.05, 3.63) is 100 Å². The second-order valence-electron chi connectivity index (χ2n) is 8.34. The zero-order valence-corrected chi connectivity index (χ0v) is 20.2. The van der Waals surface area contributed by atoms with Gasteiger partial charge >= 0.3 is 6.09 Å². The second-order valence-corrected chi connectivity index (χ2v) is 8.78. The lowest BCUT2D eigenvalue weighted by Gasteiger charge is -2.24. The number of likely N-dealkylation sites (N-methyl/N-ethyl adjacent to an activating group) is 1. The van der Waals surface area contributed by atoms with Gasteiger partial charge in [-0.15, -0.1) is 0 Å². The van der Waals surface area contributed by atoms with Crippen molar-refractivity contribution in [1.29, 1.82) is 0 Å². The standard InChI is InChI=1S/C27H26ClN3O4/c1-3-29-26(33)23-24(35-27(34)31(23)16-18-9-7-17(2)8-10-18)19-11-13-22(14-12-19)30-25(32)20-5-4-6-21(28)15-20/h4-15,23-24H,3,16H2,1-2H3,(H,29,33)(H,30,32)/t23-,24-/m1/s1. The van der Waals surface area contributed by atoms with Crippen LogP contribution in [0.2, 0.25) is 5.02 Å². The van der Waals surface area contributed by atoms with Gasteiger partial charge in [0.05, 0.1) is 6.54 Å². The minimum atomic E-state index is -0.823. The van der Waals surface area contributed by atoms with Crippen molar-refractivity contribution in [3.8, 4) is 0 Å². The number of benzene rings is 3.